The molecule has 0 aromatic carbocycles. The second-order valence-electron chi connectivity index (χ2n) is 4.41. The number of hydrogen-bond acceptors (Lipinski definition) is 2. The molecular formula is C11H22N2O. The normalized spacial score (nSPS) is 27.3. The van der Waals surface area contributed by atoms with Gasteiger partial charge in [-0.05, 0) is 18.8 Å². The summed E-state index contributed by atoms with van der Waals surface area (Å²) >= 11 is 0. The van der Waals surface area contributed by atoms with E-state index in [4.69, 9.17) is 0 Å². The minimum Gasteiger partial charge on any atom is -0.355 e. The van der Waals surface area contributed by atoms with Crippen molar-refractivity contribution < 1.29 is 4.79 Å². The van der Waals surface area contributed by atoms with E-state index in [9.17, 15) is 4.79 Å². The highest BCUT2D eigenvalue weighted by Crippen LogP contribution is 2.23. The van der Waals surface area contributed by atoms with Crippen molar-refractivity contribution in [1.82, 2.24) is 10.6 Å². The van der Waals surface area contributed by atoms with Crippen LogP contribution in [0.2, 0.25) is 0 Å². The van der Waals surface area contributed by atoms with Crippen LogP contribution < -0.4 is 10.6 Å². The lowest BCUT2D eigenvalue weighted by atomic mass is 9.87. The van der Waals surface area contributed by atoms with Gasteiger partial charge in [0.1, 0.15) is 0 Å². The molecule has 2 atom stereocenters. The number of hydrogen-bond donors (Lipinski definition) is 2. The molecule has 1 fully saturated rings. The molecule has 14 heavy (non-hydrogen) atoms. The Hall–Kier alpha value is -0.570. The standard InChI is InChI=1S/C11H22N2O/c1-9-4-3-5-11(8-9)13-7-6-12-10(2)14/h9,11,13H,3-8H2,1-2H3,(H,12,14). The van der Waals surface area contributed by atoms with Gasteiger partial charge in [-0.15, -0.1) is 0 Å². The first-order valence-corrected chi connectivity index (χ1v) is 5.66. The summed E-state index contributed by atoms with van der Waals surface area (Å²) in [5, 5.41) is 6.29. The van der Waals surface area contributed by atoms with Crippen LogP contribution in [0.25, 0.3) is 0 Å². The minimum absolute atomic E-state index is 0.0591. The van der Waals surface area contributed by atoms with E-state index in [1.807, 2.05) is 0 Å². The first-order valence-electron chi connectivity index (χ1n) is 5.66. The lowest BCUT2D eigenvalue weighted by molar-refractivity contribution is -0.118. The molecule has 0 aliphatic heterocycles. The fourth-order valence-electron chi connectivity index (χ4n) is 2.13. The third-order valence-corrected chi connectivity index (χ3v) is 2.87. The minimum atomic E-state index is 0.0591. The second-order valence-corrected chi connectivity index (χ2v) is 4.41. The SMILES string of the molecule is CC(=O)NCCNC1CCCC(C)C1. The molecular weight excluding hydrogens is 176 g/mol. The van der Waals surface area contributed by atoms with Gasteiger partial charge >= 0.3 is 0 Å². The van der Waals surface area contributed by atoms with Gasteiger partial charge in [0.25, 0.3) is 0 Å². The van der Waals surface area contributed by atoms with Crippen molar-refractivity contribution in [3.63, 3.8) is 0 Å². The molecule has 3 heteroatoms. The van der Waals surface area contributed by atoms with Gasteiger partial charge in [0.2, 0.25) is 5.91 Å². The highest BCUT2D eigenvalue weighted by Gasteiger charge is 2.17. The lowest BCUT2D eigenvalue weighted by Gasteiger charge is -2.27. The van der Waals surface area contributed by atoms with Crippen molar-refractivity contribution in [2.75, 3.05) is 13.1 Å². The van der Waals surface area contributed by atoms with Gasteiger partial charge in [0, 0.05) is 26.1 Å². The summed E-state index contributed by atoms with van der Waals surface area (Å²) in [6.45, 7) is 5.53. The van der Waals surface area contributed by atoms with Gasteiger partial charge in [0.15, 0.2) is 0 Å². The fraction of sp³-hybridized carbons (Fsp3) is 0.909. The maximum absolute atomic E-state index is 10.6. The molecule has 0 spiro atoms. The average molecular weight is 198 g/mol. The van der Waals surface area contributed by atoms with Crippen LogP contribution in [0.3, 0.4) is 0 Å². The highest BCUT2D eigenvalue weighted by atomic mass is 16.1. The van der Waals surface area contributed by atoms with Crippen LogP contribution in [0.5, 0.6) is 0 Å². The Balaban J connectivity index is 2.03. The van der Waals surface area contributed by atoms with E-state index >= 15 is 0 Å². The van der Waals surface area contributed by atoms with Crippen molar-refractivity contribution in [3.05, 3.63) is 0 Å². The Kier molecular flexibility index (Phi) is 4.94. The zero-order chi connectivity index (χ0) is 10.4. The van der Waals surface area contributed by atoms with Crippen molar-refractivity contribution in [2.24, 2.45) is 5.92 Å². The summed E-state index contributed by atoms with van der Waals surface area (Å²) in [6.07, 6.45) is 5.31. The smallest absolute Gasteiger partial charge is 0.216 e. The monoisotopic (exact) mass is 198 g/mol. The molecule has 0 saturated heterocycles. The molecule has 1 amide bonds. The highest BCUT2D eigenvalue weighted by molar-refractivity contribution is 5.72. The fourth-order valence-corrected chi connectivity index (χ4v) is 2.13. The molecule has 1 aliphatic carbocycles. The van der Waals surface area contributed by atoms with E-state index in [-0.39, 0.29) is 5.91 Å². The van der Waals surface area contributed by atoms with Crippen molar-refractivity contribution in [3.8, 4) is 0 Å². The van der Waals surface area contributed by atoms with Gasteiger partial charge < -0.3 is 10.6 Å². The van der Waals surface area contributed by atoms with Crippen LogP contribution >= 0.6 is 0 Å². The van der Waals surface area contributed by atoms with E-state index in [1.54, 1.807) is 6.92 Å². The number of rotatable bonds is 4. The molecule has 1 aliphatic rings. The summed E-state index contributed by atoms with van der Waals surface area (Å²) in [5.74, 6) is 0.922. The van der Waals surface area contributed by atoms with Gasteiger partial charge in [-0.1, -0.05) is 19.8 Å². The Bertz CT molecular complexity index is 182. The molecule has 0 radical (unpaired) electrons. The van der Waals surface area contributed by atoms with E-state index in [0.29, 0.717) is 6.04 Å². The van der Waals surface area contributed by atoms with E-state index in [0.717, 1.165) is 19.0 Å². The zero-order valence-corrected chi connectivity index (χ0v) is 9.31. The number of nitrogens with one attached hydrogen (secondary N) is 2. The molecule has 2 unspecified atom stereocenters. The van der Waals surface area contributed by atoms with Crippen LogP contribution in [0, 0.1) is 5.92 Å². The van der Waals surface area contributed by atoms with Crippen LogP contribution in [0.15, 0.2) is 0 Å². The summed E-state index contributed by atoms with van der Waals surface area (Å²) in [5.41, 5.74) is 0. The van der Waals surface area contributed by atoms with Crippen molar-refractivity contribution >= 4 is 5.91 Å². The van der Waals surface area contributed by atoms with Crippen LogP contribution in [-0.4, -0.2) is 25.0 Å². The molecule has 0 heterocycles. The molecule has 3 nitrogen and oxygen atoms in total. The first-order chi connectivity index (χ1) is 6.68. The third kappa shape index (κ3) is 4.61. The van der Waals surface area contributed by atoms with Crippen LogP contribution in [0.1, 0.15) is 39.5 Å². The van der Waals surface area contributed by atoms with E-state index in [2.05, 4.69) is 17.6 Å². The summed E-state index contributed by atoms with van der Waals surface area (Å²) in [4.78, 5) is 10.6. The predicted molar refractivity (Wildman–Crippen MR) is 58.1 cm³/mol. The maximum Gasteiger partial charge on any atom is 0.216 e. The van der Waals surface area contributed by atoms with Crippen molar-refractivity contribution in [2.45, 2.75) is 45.6 Å². The van der Waals surface area contributed by atoms with Gasteiger partial charge in [-0.2, -0.15) is 0 Å². The zero-order valence-electron chi connectivity index (χ0n) is 9.31. The quantitative estimate of drug-likeness (QED) is 0.668. The molecule has 0 aromatic rings. The summed E-state index contributed by atoms with van der Waals surface area (Å²) in [6, 6.07) is 0.674. The molecule has 1 rings (SSSR count). The Labute approximate surface area is 86.6 Å². The number of carbonyl (C=O) groups excluding carboxylic acids is 1. The van der Waals surface area contributed by atoms with E-state index < -0.39 is 0 Å². The molecule has 82 valence electrons. The summed E-state index contributed by atoms with van der Waals surface area (Å²) < 4.78 is 0. The first kappa shape index (κ1) is 11.5. The topological polar surface area (TPSA) is 41.1 Å². The van der Waals surface area contributed by atoms with Gasteiger partial charge in [0.05, 0.1) is 0 Å². The van der Waals surface area contributed by atoms with Crippen LogP contribution in [-0.2, 0) is 4.79 Å². The largest absolute Gasteiger partial charge is 0.355 e. The molecule has 2 N–H and O–H groups in total. The summed E-state index contributed by atoms with van der Waals surface area (Å²) in [7, 11) is 0. The second kappa shape index (κ2) is 6.02. The third-order valence-electron chi connectivity index (χ3n) is 2.87. The molecule has 0 aromatic heterocycles. The van der Waals surface area contributed by atoms with Crippen molar-refractivity contribution in [1.29, 1.82) is 0 Å². The van der Waals surface area contributed by atoms with Gasteiger partial charge in [-0.25, -0.2) is 0 Å². The van der Waals surface area contributed by atoms with Gasteiger partial charge in [-0.3, -0.25) is 4.79 Å². The maximum atomic E-state index is 10.6. The predicted octanol–water partition coefficient (Wildman–Crippen LogP) is 1.29. The Morgan fingerprint density at radius 3 is 2.79 bits per heavy atom. The average Bonchev–Trinajstić information content (AvgIpc) is 2.12. The Morgan fingerprint density at radius 2 is 2.14 bits per heavy atom. The number of amides is 1. The van der Waals surface area contributed by atoms with E-state index in [1.165, 1.54) is 25.7 Å². The lowest BCUT2D eigenvalue weighted by Crippen LogP contribution is -2.38. The molecule has 1 saturated carbocycles. The Morgan fingerprint density at radius 1 is 1.36 bits per heavy atom. The van der Waals surface area contributed by atoms with Crippen LogP contribution in [0.4, 0.5) is 0 Å². The number of carbonyl (C=O) groups is 1. The molecule has 0 bridgehead atoms.